The van der Waals surface area contributed by atoms with Gasteiger partial charge in [0.1, 0.15) is 17.1 Å². The second kappa shape index (κ2) is 7.92. The summed E-state index contributed by atoms with van der Waals surface area (Å²) < 4.78 is 39.7. The summed E-state index contributed by atoms with van der Waals surface area (Å²) in [4.78, 5) is 14.2. The first kappa shape index (κ1) is 20.7. The predicted molar refractivity (Wildman–Crippen MR) is 112 cm³/mol. The first-order valence-corrected chi connectivity index (χ1v) is 11.4. The fourth-order valence-corrected chi connectivity index (χ4v) is 5.76. The molecule has 2 aliphatic heterocycles. The summed E-state index contributed by atoms with van der Waals surface area (Å²) in [5, 5.41) is 0. The van der Waals surface area contributed by atoms with Gasteiger partial charge in [0.15, 0.2) is 0 Å². The van der Waals surface area contributed by atoms with Crippen molar-refractivity contribution in [3.8, 4) is 11.5 Å². The summed E-state index contributed by atoms with van der Waals surface area (Å²) >= 11 is 0. The lowest BCUT2D eigenvalue weighted by Crippen LogP contribution is -2.58. The summed E-state index contributed by atoms with van der Waals surface area (Å²) in [5.74, 6) is 1.26. The van der Waals surface area contributed by atoms with Crippen molar-refractivity contribution in [2.24, 2.45) is 0 Å². The van der Waals surface area contributed by atoms with Gasteiger partial charge in [0.25, 0.3) is 0 Å². The van der Waals surface area contributed by atoms with Crippen molar-refractivity contribution in [1.82, 2.24) is 9.21 Å². The lowest BCUT2D eigenvalue weighted by atomic mass is 9.93. The molecule has 1 amide bonds. The molecule has 2 aliphatic rings. The number of rotatable bonds is 3. The van der Waals surface area contributed by atoms with Gasteiger partial charge in [-0.25, -0.2) is 8.42 Å². The second-order valence-electron chi connectivity index (χ2n) is 7.89. The predicted octanol–water partition coefficient (Wildman–Crippen LogP) is 2.66. The van der Waals surface area contributed by atoms with Crippen LogP contribution in [0.3, 0.4) is 0 Å². The lowest BCUT2D eigenvalue weighted by molar-refractivity contribution is -0.132. The van der Waals surface area contributed by atoms with Gasteiger partial charge in [0.2, 0.25) is 15.9 Å². The number of sulfonamides is 1. The quantitative estimate of drug-likeness (QED) is 0.748. The van der Waals surface area contributed by atoms with E-state index in [1.54, 1.807) is 36.3 Å². The van der Waals surface area contributed by atoms with Crippen LogP contribution in [0.1, 0.15) is 25.3 Å². The number of ether oxygens (including phenoxy) is 2. The Bertz CT molecular complexity index is 1040. The number of para-hydroxylation sites is 1. The van der Waals surface area contributed by atoms with Crippen LogP contribution in [0.2, 0.25) is 0 Å². The van der Waals surface area contributed by atoms with Crippen molar-refractivity contribution in [3.05, 3.63) is 54.1 Å². The second-order valence-corrected chi connectivity index (χ2v) is 9.82. The van der Waals surface area contributed by atoms with E-state index >= 15 is 0 Å². The highest BCUT2D eigenvalue weighted by molar-refractivity contribution is 7.89. The van der Waals surface area contributed by atoms with E-state index in [0.29, 0.717) is 44.0 Å². The summed E-state index contributed by atoms with van der Waals surface area (Å²) in [6.45, 7) is 2.96. The van der Waals surface area contributed by atoms with E-state index in [1.165, 1.54) is 11.2 Å². The van der Waals surface area contributed by atoms with Gasteiger partial charge in [-0.15, -0.1) is 0 Å². The molecule has 2 heterocycles. The average molecular weight is 431 g/mol. The van der Waals surface area contributed by atoms with E-state index < -0.39 is 15.6 Å². The van der Waals surface area contributed by atoms with Crippen molar-refractivity contribution in [2.75, 3.05) is 26.7 Å². The highest BCUT2D eigenvalue weighted by Crippen LogP contribution is 2.36. The number of hydrogen-bond donors (Lipinski definition) is 0. The van der Waals surface area contributed by atoms with Crippen molar-refractivity contribution < 1.29 is 22.7 Å². The smallest absolute Gasteiger partial charge is 0.243 e. The number of benzene rings is 2. The van der Waals surface area contributed by atoms with Gasteiger partial charge in [0.05, 0.1) is 25.1 Å². The molecular weight excluding hydrogens is 404 g/mol. The Balaban J connectivity index is 1.66. The Morgan fingerprint density at radius 3 is 2.53 bits per heavy atom. The van der Waals surface area contributed by atoms with Crippen LogP contribution in [0.4, 0.5) is 0 Å². The van der Waals surface area contributed by atoms with Crippen LogP contribution in [0.15, 0.2) is 53.4 Å². The van der Waals surface area contributed by atoms with E-state index in [-0.39, 0.29) is 17.3 Å². The van der Waals surface area contributed by atoms with Crippen LogP contribution in [0, 0.1) is 0 Å². The Hall–Kier alpha value is -2.58. The Labute approximate surface area is 177 Å². The molecule has 1 atom stereocenters. The molecule has 0 N–H and O–H groups in total. The molecule has 160 valence electrons. The molecular formula is C22H26N2O5S. The number of fused-ring (bicyclic) bond motifs is 1. The minimum atomic E-state index is -3.70. The van der Waals surface area contributed by atoms with Gasteiger partial charge in [0, 0.05) is 25.6 Å². The van der Waals surface area contributed by atoms with Crippen molar-refractivity contribution in [1.29, 1.82) is 0 Å². The molecule has 7 nitrogen and oxygen atoms in total. The number of hydrogen-bond acceptors (Lipinski definition) is 5. The Morgan fingerprint density at radius 2 is 1.83 bits per heavy atom. The fourth-order valence-electron chi connectivity index (χ4n) is 4.20. The standard InChI is InChI=1S/C22H26N2O5S/c1-17(25)23-14-18-6-3-4-7-21(18)29-22(15-23)12-5-13-24(16-22)30(26,27)20-10-8-19(28-2)9-11-20/h3-4,6-11H,5,12-16H2,1-2H3/t22-/m0/s1. The largest absolute Gasteiger partial charge is 0.497 e. The minimum Gasteiger partial charge on any atom is -0.497 e. The van der Waals surface area contributed by atoms with Crippen LogP contribution >= 0.6 is 0 Å². The lowest BCUT2D eigenvalue weighted by Gasteiger charge is -2.43. The summed E-state index contributed by atoms with van der Waals surface area (Å²) in [7, 11) is -2.15. The number of nitrogens with zero attached hydrogens (tertiary/aromatic N) is 2. The zero-order valence-electron chi connectivity index (χ0n) is 17.2. The number of methoxy groups -OCH3 is 1. The van der Waals surface area contributed by atoms with Crippen LogP contribution in [0.5, 0.6) is 11.5 Å². The van der Waals surface area contributed by atoms with E-state index in [1.807, 2.05) is 24.3 Å². The molecule has 8 heteroatoms. The van der Waals surface area contributed by atoms with E-state index in [2.05, 4.69) is 0 Å². The number of amides is 1. The van der Waals surface area contributed by atoms with Crippen LogP contribution in [0.25, 0.3) is 0 Å². The van der Waals surface area contributed by atoms with Crippen molar-refractivity contribution >= 4 is 15.9 Å². The molecule has 2 aromatic rings. The van der Waals surface area contributed by atoms with Gasteiger partial charge in [-0.3, -0.25) is 4.79 Å². The van der Waals surface area contributed by atoms with E-state index in [4.69, 9.17) is 9.47 Å². The molecule has 0 unspecified atom stereocenters. The Kier molecular flexibility index (Phi) is 5.46. The molecule has 0 bridgehead atoms. The summed E-state index contributed by atoms with van der Waals surface area (Å²) in [5.41, 5.74) is 0.149. The minimum absolute atomic E-state index is 0.0511. The Morgan fingerprint density at radius 1 is 1.10 bits per heavy atom. The van der Waals surface area contributed by atoms with Gasteiger partial charge < -0.3 is 14.4 Å². The molecule has 0 aliphatic carbocycles. The molecule has 0 aromatic heterocycles. The van der Waals surface area contributed by atoms with Gasteiger partial charge in [-0.1, -0.05) is 18.2 Å². The summed E-state index contributed by atoms with van der Waals surface area (Å²) in [6, 6.07) is 14.0. The van der Waals surface area contributed by atoms with Gasteiger partial charge >= 0.3 is 0 Å². The van der Waals surface area contributed by atoms with Crippen LogP contribution < -0.4 is 9.47 Å². The maximum Gasteiger partial charge on any atom is 0.243 e. The first-order chi connectivity index (χ1) is 14.3. The molecule has 1 saturated heterocycles. The van der Waals surface area contributed by atoms with Gasteiger partial charge in [-0.2, -0.15) is 4.31 Å². The number of carbonyl (C=O) groups is 1. The third kappa shape index (κ3) is 3.89. The third-order valence-corrected chi connectivity index (χ3v) is 7.65. The molecule has 4 rings (SSSR count). The first-order valence-electron chi connectivity index (χ1n) is 10.00. The average Bonchev–Trinajstić information content (AvgIpc) is 2.90. The zero-order chi connectivity index (χ0) is 21.4. The number of piperidine rings is 1. The third-order valence-electron chi connectivity index (χ3n) is 5.79. The molecule has 0 radical (unpaired) electrons. The van der Waals surface area contributed by atoms with Gasteiger partial charge in [-0.05, 0) is 43.2 Å². The highest BCUT2D eigenvalue weighted by Gasteiger charge is 2.45. The van der Waals surface area contributed by atoms with Crippen LogP contribution in [-0.4, -0.2) is 55.9 Å². The molecule has 1 spiro atoms. The maximum absolute atomic E-state index is 13.3. The summed E-state index contributed by atoms with van der Waals surface area (Å²) in [6.07, 6.45) is 1.34. The normalized spacial score (nSPS) is 22.1. The highest BCUT2D eigenvalue weighted by atomic mass is 32.2. The molecule has 0 saturated carbocycles. The molecule has 30 heavy (non-hydrogen) atoms. The number of carbonyl (C=O) groups excluding carboxylic acids is 1. The SMILES string of the molecule is COc1ccc(S(=O)(=O)N2CCC[C@]3(CN(C(C)=O)Cc4ccccc4O3)C2)cc1. The fraction of sp³-hybridized carbons (Fsp3) is 0.409. The maximum atomic E-state index is 13.3. The van der Waals surface area contributed by atoms with Crippen molar-refractivity contribution in [2.45, 2.75) is 36.8 Å². The van der Waals surface area contributed by atoms with Crippen molar-refractivity contribution in [3.63, 3.8) is 0 Å². The molecule has 2 aromatic carbocycles. The topological polar surface area (TPSA) is 76.2 Å². The molecule has 1 fully saturated rings. The van der Waals surface area contributed by atoms with E-state index in [0.717, 1.165) is 5.56 Å². The monoisotopic (exact) mass is 430 g/mol. The van der Waals surface area contributed by atoms with Crippen LogP contribution in [-0.2, 0) is 21.4 Å². The van der Waals surface area contributed by atoms with E-state index in [9.17, 15) is 13.2 Å². The zero-order valence-corrected chi connectivity index (χ0v) is 18.0.